The molecular formula is C59H75FN12O14. The number of carbonyl (C=O) groups is 11. The van der Waals surface area contributed by atoms with E-state index in [9.17, 15) is 52.6 Å². The quantitative estimate of drug-likeness (QED) is 0.0483. The largest absolute Gasteiger partial charge is 0.497 e. The van der Waals surface area contributed by atoms with Gasteiger partial charge >= 0.3 is 0 Å². The van der Waals surface area contributed by atoms with Crippen molar-refractivity contribution < 1.29 is 71.7 Å². The van der Waals surface area contributed by atoms with E-state index < -0.39 is 132 Å². The number of carbonyl (C=O) groups excluding carboxylic acids is 11. The number of likely N-dealkylation sites (N-methyl/N-ethyl adjacent to an activating group) is 1. The number of nitrogens with zero attached hydrogens (tertiary/aromatic N) is 2. The lowest BCUT2D eigenvalue weighted by Gasteiger charge is -2.36. The number of hydrogen-bond acceptors (Lipinski definition) is 14. The van der Waals surface area contributed by atoms with Crippen molar-refractivity contribution in [3.8, 4) is 5.75 Å². The second kappa shape index (κ2) is 29.2. The van der Waals surface area contributed by atoms with Crippen molar-refractivity contribution in [1.82, 2.24) is 62.6 Å². The lowest BCUT2D eigenvalue weighted by atomic mass is 9.96. The zero-order valence-electron chi connectivity index (χ0n) is 48.8. The Morgan fingerprint density at radius 1 is 0.872 bits per heavy atom. The Labute approximate surface area is 495 Å². The van der Waals surface area contributed by atoms with Crippen LogP contribution in [-0.4, -0.2) is 186 Å². The van der Waals surface area contributed by atoms with Gasteiger partial charge in [-0.05, 0) is 92.6 Å². The maximum Gasteiger partial charge on any atom is 0.246 e. The predicted molar refractivity (Wildman–Crippen MR) is 307 cm³/mol. The number of aliphatic hydroxyl groups excluding tert-OH is 1. The number of hydrogen-bond donors (Lipinski definition) is 11. The zero-order valence-corrected chi connectivity index (χ0v) is 48.8. The molecule has 2 saturated heterocycles. The van der Waals surface area contributed by atoms with Gasteiger partial charge in [-0.25, -0.2) is 4.39 Å². The molecule has 1 unspecified atom stereocenters. The molecule has 4 aromatic rings. The van der Waals surface area contributed by atoms with Crippen LogP contribution in [0.25, 0.3) is 10.9 Å². The fraction of sp³-hybridized carbons (Fsp3) is 0.475. The maximum atomic E-state index is 15.4. The molecule has 2 fully saturated rings. The van der Waals surface area contributed by atoms with Gasteiger partial charge in [0.1, 0.15) is 60.0 Å². The summed E-state index contributed by atoms with van der Waals surface area (Å²) in [6, 6.07) is 8.36. The van der Waals surface area contributed by atoms with Crippen molar-refractivity contribution in [2.75, 3.05) is 47.4 Å². The number of aromatic amines is 1. The summed E-state index contributed by atoms with van der Waals surface area (Å²) in [7, 11) is 4.35. The van der Waals surface area contributed by atoms with E-state index in [0.717, 1.165) is 4.90 Å². The standard InChI is InChI=1S/C59H75FN12O14/c1-32(66-47(75)18-17-46(74)61-4)52(78)65-30-48(76)67-42-25-35-9-7-10-36(23-35)28-64-49(77)31-86-45-19-22-71(56(82)44(68-53(42)79)26-37-29-63-41-16-13-38(60)27-40(37)41)51(45)55(81)70-50(33(2)73)54(80)69-43(24-34-11-14-39(85-6)15-12-34)57(83)72-21-8-20-59(72,3)58(84)62-5/h7,9-16,23,27,29,32-33,42-45,50-51,63,73H,8,17-22,24-26,28,30-31H2,1-6H3,(H,61,74)(H,62,84)(H,64,77)(H,65,78)(H,66,75)(H,67,76)(H,68,79)(H,69,80)(H,70,81)/t32-,33+,42?,43-,44-,45-,50-,51-,59-/m0/s1. The van der Waals surface area contributed by atoms with Crippen LogP contribution in [0, 0.1) is 5.82 Å². The number of likely N-dealkylation sites (tertiary alicyclic amines) is 1. The van der Waals surface area contributed by atoms with Crippen LogP contribution in [0.15, 0.2) is 72.9 Å². The number of aliphatic hydroxyl groups is 1. The van der Waals surface area contributed by atoms with E-state index in [4.69, 9.17) is 9.47 Å². The third-order valence-corrected chi connectivity index (χ3v) is 15.6. The number of nitrogens with one attached hydrogen (secondary N) is 10. The van der Waals surface area contributed by atoms with Crippen molar-refractivity contribution in [1.29, 1.82) is 0 Å². The molecule has 462 valence electrons. The molecular weight excluding hydrogens is 1120 g/mol. The highest BCUT2D eigenvalue weighted by Crippen LogP contribution is 2.31. The fourth-order valence-electron chi connectivity index (χ4n) is 10.9. The number of H-pyrrole nitrogens is 1. The van der Waals surface area contributed by atoms with Crippen LogP contribution in [0.1, 0.15) is 75.1 Å². The molecule has 0 radical (unpaired) electrons. The summed E-state index contributed by atoms with van der Waals surface area (Å²) >= 11 is 0. The SMILES string of the molecule is CNC(=O)CCC(=O)N[C@@H](C)C(=O)NCC(=O)NC1Cc2cccc(c2)CNC(=O)CO[C@H]2CCN(C(=O)[C@H](Cc3c[nH]c4ccc(F)cc34)NC1=O)[C@@H]2C(=O)N[C@H](C(=O)N[C@@H](Cc1ccc(OC)cc1)C(=O)N1CCC[C@@]1(C)C(=O)NC)[C@@H](C)O. The van der Waals surface area contributed by atoms with Crippen LogP contribution in [0.5, 0.6) is 5.75 Å². The number of fused-ring (bicyclic) bond motifs is 5. The topological polar surface area (TPSA) is 357 Å². The molecule has 86 heavy (non-hydrogen) atoms. The highest BCUT2D eigenvalue weighted by atomic mass is 19.1. The normalized spacial score (nSPS) is 21.3. The van der Waals surface area contributed by atoms with E-state index in [-0.39, 0.29) is 64.1 Å². The van der Waals surface area contributed by atoms with E-state index in [1.165, 1.54) is 64.3 Å². The summed E-state index contributed by atoms with van der Waals surface area (Å²) in [4.78, 5) is 158. The fourth-order valence-corrected chi connectivity index (χ4v) is 10.9. The van der Waals surface area contributed by atoms with Crippen molar-refractivity contribution in [2.45, 2.75) is 133 Å². The molecule has 0 spiro atoms. The van der Waals surface area contributed by atoms with Gasteiger partial charge in [-0.2, -0.15) is 0 Å². The number of methoxy groups -OCH3 is 1. The molecule has 11 amide bonds. The summed E-state index contributed by atoms with van der Waals surface area (Å²) in [5.41, 5.74) is 1.22. The number of rotatable bonds is 20. The average molecular weight is 1200 g/mol. The molecule has 0 aliphatic carbocycles. The van der Waals surface area contributed by atoms with E-state index in [0.29, 0.717) is 51.7 Å². The van der Waals surface area contributed by atoms with E-state index in [1.54, 1.807) is 55.5 Å². The first kappa shape index (κ1) is 64.6. The summed E-state index contributed by atoms with van der Waals surface area (Å²) in [5.74, 6) is -8.16. The Balaban J connectivity index is 1.19. The molecule has 4 heterocycles. The van der Waals surface area contributed by atoms with Gasteiger partial charge < -0.3 is 77.2 Å². The van der Waals surface area contributed by atoms with Gasteiger partial charge in [-0.1, -0.05) is 36.4 Å². The van der Waals surface area contributed by atoms with Gasteiger partial charge in [-0.15, -0.1) is 0 Å². The molecule has 3 aliphatic rings. The lowest BCUT2D eigenvalue weighted by Crippen LogP contribution is -2.64. The molecule has 26 nitrogen and oxygen atoms in total. The lowest BCUT2D eigenvalue weighted by molar-refractivity contribution is -0.148. The number of amides is 11. The second-order valence-corrected chi connectivity index (χ2v) is 21.8. The van der Waals surface area contributed by atoms with Gasteiger partial charge in [0.15, 0.2) is 0 Å². The Morgan fingerprint density at radius 3 is 2.31 bits per heavy atom. The minimum Gasteiger partial charge on any atom is -0.497 e. The smallest absolute Gasteiger partial charge is 0.246 e. The first-order valence-electron chi connectivity index (χ1n) is 28.4. The molecule has 1 aromatic heterocycles. The third-order valence-electron chi connectivity index (χ3n) is 15.6. The maximum absolute atomic E-state index is 15.4. The van der Waals surface area contributed by atoms with Crippen molar-refractivity contribution >= 4 is 75.9 Å². The van der Waals surface area contributed by atoms with Crippen LogP contribution >= 0.6 is 0 Å². The summed E-state index contributed by atoms with van der Waals surface area (Å²) in [5, 5.41) is 35.0. The van der Waals surface area contributed by atoms with Gasteiger partial charge in [0, 0.05) is 82.9 Å². The number of halogens is 1. The Hall–Kier alpha value is -8.98. The molecule has 3 aliphatic heterocycles. The number of benzene rings is 3. The molecule has 11 N–H and O–H groups in total. The van der Waals surface area contributed by atoms with Crippen LogP contribution < -0.4 is 52.6 Å². The molecule has 27 heteroatoms. The molecule has 7 rings (SSSR count). The van der Waals surface area contributed by atoms with Crippen molar-refractivity contribution in [3.05, 3.63) is 101 Å². The van der Waals surface area contributed by atoms with Crippen LogP contribution in [0.4, 0.5) is 4.39 Å². The Morgan fingerprint density at radius 2 is 1.60 bits per heavy atom. The summed E-state index contributed by atoms with van der Waals surface area (Å²) in [6.45, 7) is 2.87. The minimum atomic E-state index is -1.80. The van der Waals surface area contributed by atoms with E-state index >= 15 is 9.59 Å². The van der Waals surface area contributed by atoms with Crippen molar-refractivity contribution in [2.24, 2.45) is 0 Å². The molecule has 3 aromatic carbocycles. The van der Waals surface area contributed by atoms with Gasteiger partial charge in [0.05, 0.1) is 25.9 Å². The predicted octanol–water partition coefficient (Wildman–Crippen LogP) is -1.45. The highest BCUT2D eigenvalue weighted by Gasteiger charge is 2.49. The number of aromatic nitrogens is 1. The Bertz CT molecular complexity index is 3190. The van der Waals surface area contributed by atoms with Crippen LogP contribution in [-0.2, 0) is 83.3 Å². The van der Waals surface area contributed by atoms with E-state index in [1.807, 2.05) is 0 Å². The average Bonchev–Trinajstić information content (AvgIpc) is 2.96. The second-order valence-electron chi connectivity index (χ2n) is 21.8. The van der Waals surface area contributed by atoms with Crippen LogP contribution in [0.2, 0.25) is 0 Å². The molecule has 9 atom stereocenters. The minimum absolute atomic E-state index is 0.0335. The summed E-state index contributed by atoms with van der Waals surface area (Å²) < 4.78 is 26.3. The first-order chi connectivity index (χ1) is 41.0. The monoisotopic (exact) mass is 1190 g/mol. The molecule has 0 saturated carbocycles. The first-order valence-corrected chi connectivity index (χ1v) is 28.4. The van der Waals surface area contributed by atoms with Crippen molar-refractivity contribution in [3.63, 3.8) is 0 Å². The van der Waals surface area contributed by atoms with E-state index in [2.05, 4.69) is 52.8 Å². The highest BCUT2D eigenvalue weighted by molar-refractivity contribution is 5.99. The zero-order chi connectivity index (χ0) is 62.4. The van der Waals surface area contributed by atoms with Gasteiger partial charge in [-0.3, -0.25) is 52.7 Å². The third kappa shape index (κ3) is 16.3. The van der Waals surface area contributed by atoms with Gasteiger partial charge in [0.25, 0.3) is 0 Å². The molecule has 4 bridgehead atoms. The number of ether oxygens (including phenoxy) is 2. The van der Waals surface area contributed by atoms with Gasteiger partial charge in [0.2, 0.25) is 65.0 Å². The summed E-state index contributed by atoms with van der Waals surface area (Å²) in [6.07, 6.45) is -1.57. The Kier molecular flexibility index (Phi) is 21.9. The van der Waals surface area contributed by atoms with Crippen LogP contribution in [0.3, 0.4) is 0 Å².